The number of nitrogens with zero attached hydrogens (tertiary/aromatic N) is 3. The highest BCUT2D eigenvalue weighted by atomic mass is 35.5. The summed E-state index contributed by atoms with van der Waals surface area (Å²) in [5.41, 5.74) is 2.69. The lowest BCUT2D eigenvalue weighted by molar-refractivity contribution is 0.171. The molecule has 152 valence electrons. The van der Waals surface area contributed by atoms with Gasteiger partial charge in [0.1, 0.15) is 18.2 Å². The summed E-state index contributed by atoms with van der Waals surface area (Å²) >= 11 is 6.31. The molecular formula is C21H18ClN5O3. The Morgan fingerprint density at radius 1 is 1.13 bits per heavy atom. The van der Waals surface area contributed by atoms with Crippen molar-refractivity contribution in [3.63, 3.8) is 0 Å². The van der Waals surface area contributed by atoms with Crippen LogP contribution >= 0.6 is 11.6 Å². The van der Waals surface area contributed by atoms with Gasteiger partial charge < -0.3 is 19.8 Å². The van der Waals surface area contributed by atoms with Crippen LogP contribution in [0.4, 0.5) is 5.69 Å². The van der Waals surface area contributed by atoms with Crippen LogP contribution in [0.5, 0.6) is 11.5 Å². The van der Waals surface area contributed by atoms with E-state index in [0.717, 1.165) is 39.2 Å². The van der Waals surface area contributed by atoms with Gasteiger partial charge in [-0.25, -0.2) is 4.98 Å². The molecule has 3 heterocycles. The van der Waals surface area contributed by atoms with Crippen LogP contribution in [0.2, 0.25) is 5.02 Å². The Kier molecular flexibility index (Phi) is 4.76. The second-order valence-corrected chi connectivity index (χ2v) is 7.20. The lowest BCUT2D eigenvalue weighted by atomic mass is 10.1. The van der Waals surface area contributed by atoms with E-state index in [9.17, 15) is 4.79 Å². The molecule has 2 aromatic heterocycles. The van der Waals surface area contributed by atoms with Crippen molar-refractivity contribution in [1.82, 2.24) is 19.7 Å². The van der Waals surface area contributed by atoms with Crippen molar-refractivity contribution < 1.29 is 9.47 Å². The third kappa shape index (κ3) is 3.46. The largest absolute Gasteiger partial charge is 0.486 e. The fraction of sp³-hybridized carbons (Fsp3) is 0.190. The number of fused-ring (bicyclic) bond motifs is 2. The van der Waals surface area contributed by atoms with E-state index in [1.165, 1.54) is 6.20 Å². The van der Waals surface area contributed by atoms with Crippen molar-refractivity contribution in [2.45, 2.75) is 6.42 Å². The third-order valence-corrected chi connectivity index (χ3v) is 5.20. The zero-order valence-corrected chi connectivity index (χ0v) is 16.6. The number of aromatic nitrogens is 4. The van der Waals surface area contributed by atoms with E-state index >= 15 is 0 Å². The number of imidazole rings is 1. The van der Waals surface area contributed by atoms with Gasteiger partial charge in [0, 0.05) is 6.54 Å². The van der Waals surface area contributed by atoms with Crippen LogP contribution in [-0.2, 0) is 6.42 Å². The maximum atomic E-state index is 12.7. The fourth-order valence-corrected chi connectivity index (χ4v) is 3.53. The van der Waals surface area contributed by atoms with E-state index in [2.05, 4.69) is 20.4 Å². The van der Waals surface area contributed by atoms with E-state index in [-0.39, 0.29) is 5.02 Å². The van der Waals surface area contributed by atoms with Gasteiger partial charge in [-0.15, -0.1) is 0 Å². The predicted molar refractivity (Wildman–Crippen MR) is 114 cm³/mol. The van der Waals surface area contributed by atoms with Crippen molar-refractivity contribution in [2.75, 3.05) is 25.1 Å². The molecule has 8 nitrogen and oxygen atoms in total. The molecule has 30 heavy (non-hydrogen) atoms. The molecule has 4 aromatic rings. The van der Waals surface area contributed by atoms with Crippen molar-refractivity contribution in [2.24, 2.45) is 0 Å². The maximum absolute atomic E-state index is 12.7. The van der Waals surface area contributed by atoms with E-state index in [1.807, 2.05) is 42.5 Å². The first-order chi connectivity index (χ1) is 14.7. The number of H-pyrrole nitrogens is 1. The van der Waals surface area contributed by atoms with Crippen LogP contribution in [0.25, 0.3) is 17.0 Å². The number of aromatic amines is 1. The highest BCUT2D eigenvalue weighted by Crippen LogP contribution is 2.30. The average molecular weight is 424 g/mol. The summed E-state index contributed by atoms with van der Waals surface area (Å²) in [5.74, 6) is 1.84. The number of hydrogen-bond acceptors (Lipinski definition) is 6. The molecule has 2 N–H and O–H groups in total. The third-order valence-electron chi connectivity index (χ3n) is 4.83. The number of benzene rings is 2. The molecule has 0 bridgehead atoms. The standard InChI is InChI=1S/C21H18ClN5O3/c22-19-16(23-8-7-13-5-6-17-18(11-13)30-10-9-29-17)12-24-27(20(19)28)21-25-14-3-1-2-4-15(14)26-21/h1-6,11-12,23H,7-10H2,(H,25,26). The zero-order valence-electron chi connectivity index (χ0n) is 15.9. The maximum Gasteiger partial charge on any atom is 0.295 e. The minimum Gasteiger partial charge on any atom is -0.486 e. The molecule has 2 aromatic carbocycles. The summed E-state index contributed by atoms with van der Waals surface area (Å²) < 4.78 is 12.3. The molecule has 0 aliphatic carbocycles. The molecule has 0 saturated carbocycles. The van der Waals surface area contributed by atoms with Gasteiger partial charge in [0.15, 0.2) is 11.5 Å². The molecule has 0 spiro atoms. The van der Waals surface area contributed by atoms with E-state index in [4.69, 9.17) is 21.1 Å². The number of nitrogens with one attached hydrogen (secondary N) is 2. The summed E-state index contributed by atoms with van der Waals surface area (Å²) in [6.45, 7) is 1.70. The number of ether oxygens (including phenoxy) is 2. The van der Waals surface area contributed by atoms with E-state index in [0.29, 0.717) is 31.4 Å². The number of anilines is 1. The van der Waals surface area contributed by atoms with Crippen LogP contribution in [0.1, 0.15) is 5.56 Å². The Hall–Kier alpha value is -3.52. The lowest BCUT2D eigenvalue weighted by Gasteiger charge is -2.19. The molecule has 1 aliphatic heterocycles. The molecule has 0 fully saturated rings. The highest BCUT2D eigenvalue weighted by molar-refractivity contribution is 6.32. The first-order valence-corrected chi connectivity index (χ1v) is 9.92. The van der Waals surface area contributed by atoms with Gasteiger partial charge in [-0.05, 0) is 36.2 Å². The molecule has 9 heteroatoms. The normalized spacial score (nSPS) is 12.8. The molecule has 0 unspecified atom stereocenters. The van der Waals surface area contributed by atoms with Crippen molar-refractivity contribution in [3.8, 4) is 17.4 Å². The van der Waals surface area contributed by atoms with Crippen molar-refractivity contribution in [1.29, 1.82) is 0 Å². The Bertz CT molecular complexity index is 1250. The molecule has 0 saturated heterocycles. The zero-order chi connectivity index (χ0) is 20.5. The molecule has 0 radical (unpaired) electrons. The number of para-hydroxylation sites is 2. The Morgan fingerprint density at radius 3 is 2.83 bits per heavy atom. The van der Waals surface area contributed by atoms with Crippen LogP contribution in [0, 0.1) is 0 Å². The lowest BCUT2D eigenvalue weighted by Crippen LogP contribution is -2.24. The van der Waals surface area contributed by atoms with E-state index in [1.54, 1.807) is 0 Å². The van der Waals surface area contributed by atoms with Crippen LogP contribution in [0.3, 0.4) is 0 Å². The fourth-order valence-electron chi connectivity index (χ4n) is 3.33. The minimum absolute atomic E-state index is 0.0626. The molecule has 0 amide bonds. The molecule has 5 rings (SSSR count). The van der Waals surface area contributed by atoms with Crippen LogP contribution < -0.4 is 20.3 Å². The van der Waals surface area contributed by atoms with Gasteiger partial charge in [-0.1, -0.05) is 29.8 Å². The summed E-state index contributed by atoms with van der Waals surface area (Å²) in [4.78, 5) is 20.2. The van der Waals surface area contributed by atoms with Crippen LogP contribution in [-0.4, -0.2) is 39.5 Å². The Balaban J connectivity index is 1.31. The number of rotatable bonds is 5. The van der Waals surface area contributed by atoms with Gasteiger partial charge >= 0.3 is 0 Å². The quantitative estimate of drug-likeness (QED) is 0.512. The Morgan fingerprint density at radius 2 is 1.97 bits per heavy atom. The second kappa shape index (κ2) is 7.72. The SMILES string of the molecule is O=c1c(Cl)c(NCCc2ccc3c(c2)OCCO3)cnn1-c1nc2ccccc2[nH]1. The molecular weight excluding hydrogens is 406 g/mol. The van der Waals surface area contributed by atoms with Gasteiger partial charge in [-0.3, -0.25) is 4.79 Å². The number of halogens is 1. The van der Waals surface area contributed by atoms with Crippen LogP contribution in [0.15, 0.2) is 53.5 Å². The van der Waals surface area contributed by atoms with E-state index < -0.39 is 5.56 Å². The first-order valence-electron chi connectivity index (χ1n) is 9.54. The first kappa shape index (κ1) is 18.5. The van der Waals surface area contributed by atoms with Gasteiger partial charge in [0.05, 0.1) is 22.9 Å². The second-order valence-electron chi connectivity index (χ2n) is 6.82. The smallest absolute Gasteiger partial charge is 0.295 e. The average Bonchev–Trinajstić information content (AvgIpc) is 3.20. The summed E-state index contributed by atoms with van der Waals surface area (Å²) in [6.07, 6.45) is 2.25. The molecule has 0 atom stereocenters. The van der Waals surface area contributed by atoms with Crippen molar-refractivity contribution >= 4 is 28.3 Å². The predicted octanol–water partition coefficient (Wildman–Crippen LogP) is 3.19. The monoisotopic (exact) mass is 423 g/mol. The van der Waals surface area contributed by atoms with Gasteiger partial charge in [0.25, 0.3) is 5.56 Å². The van der Waals surface area contributed by atoms with Gasteiger partial charge in [-0.2, -0.15) is 9.78 Å². The topological polar surface area (TPSA) is 94.1 Å². The highest BCUT2D eigenvalue weighted by Gasteiger charge is 2.14. The van der Waals surface area contributed by atoms with Crippen molar-refractivity contribution in [3.05, 3.63) is 69.6 Å². The Labute approximate surface area is 176 Å². The summed E-state index contributed by atoms with van der Waals surface area (Å²) in [5, 5.41) is 7.45. The minimum atomic E-state index is -0.444. The summed E-state index contributed by atoms with van der Waals surface area (Å²) in [7, 11) is 0. The molecule has 1 aliphatic rings. The van der Waals surface area contributed by atoms with Gasteiger partial charge in [0.2, 0.25) is 5.95 Å². The summed E-state index contributed by atoms with van der Waals surface area (Å²) in [6, 6.07) is 13.4. The number of hydrogen-bond donors (Lipinski definition) is 2.